The lowest BCUT2D eigenvalue weighted by atomic mass is 10.0. The van der Waals surface area contributed by atoms with Gasteiger partial charge in [0.25, 0.3) is 0 Å². The minimum absolute atomic E-state index is 0.0645. The van der Waals surface area contributed by atoms with E-state index in [1.807, 2.05) is 0 Å². The van der Waals surface area contributed by atoms with E-state index in [1.165, 1.54) is 238 Å². The Balaban J connectivity index is 3.43. The molecular weight excluding hydrogens is 981 g/mol. The first-order valence-corrected chi connectivity index (χ1v) is 34.8. The van der Waals surface area contributed by atoms with Gasteiger partial charge in [0.05, 0.1) is 6.61 Å². The zero-order chi connectivity index (χ0) is 57.6. The molecule has 462 valence electrons. The van der Waals surface area contributed by atoms with Crippen LogP contribution in [0.5, 0.6) is 0 Å². The normalized spacial score (nSPS) is 12.8. The molecule has 0 rings (SSSR count). The fraction of sp³-hybridized carbons (Fsp3) is 0.760. The second-order valence-electron chi connectivity index (χ2n) is 23.2. The minimum Gasteiger partial charge on any atom is -0.462 e. The van der Waals surface area contributed by atoms with E-state index in [0.29, 0.717) is 12.8 Å². The summed E-state index contributed by atoms with van der Waals surface area (Å²) in [7, 11) is 0. The van der Waals surface area contributed by atoms with Crippen molar-refractivity contribution in [3.63, 3.8) is 0 Å². The Morgan fingerprint density at radius 2 is 0.537 bits per heavy atom. The molecule has 0 saturated carbocycles. The fourth-order valence-corrected chi connectivity index (χ4v) is 10.2. The van der Waals surface area contributed by atoms with Gasteiger partial charge in [-0.05, 0) is 96.3 Å². The number of aliphatic hydroxyl groups is 1. The van der Waals surface area contributed by atoms with E-state index in [0.717, 1.165) is 83.5 Å². The van der Waals surface area contributed by atoms with E-state index in [4.69, 9.17) is 9.47 Å². The summed E-state index contributed by atoms with van der Waals surface area (Å²) in [5, 5.41) is 9.70. The molecule has 0 aromatic heterocycles. The maximum absolute atomic E-state index is 12.4. The third-order valence-electron chi connectivity index (χ3n) is 15.4. The number of carbonyl (C=O) groups is 2. The molecule has 5 heteroatoms. The van der Waals surface area contributed by atoms with E-state index in [2.05, 4.69) is 111 Å². The van der Waals surface area contributed by atoms with Crippen molar-refractivity contribution in [2.45, 2.75) is 354 Å². The van der Waals surface area contributed by atoms with Crippen LogP contribution in [0.4, 0.5) is 0 Å². The number of carbonyl (C=O) groups excluding carboxylic acids is 2. The van der Waals surface area contributed by atoms with Gasteiger partial charge in [-0.1, -0.05) is 336 Å². The van der Waals surface area contributed by atoms with Crippen molar-refractivity contribution in [1.29, 1.82) is 0 Å². The van der Waals surface area contributed by atoms with E-state index in [-0.39, 0.29) is 25.2 Å². The van der Waals surface area contributed by atoms with Gasteiger partial charge in [-0.15, -0.1) is 0 Å². The lowest BCUT2D eigenvalue weighted by Gasteiger charge is -2.15. The Hall–Kier alpha value is -3.18. The molecular formula is C75H132O5. The zero-order valence-corrected chi connectivity index (χ0v) is 53.1. The molecule has 5 nitrogen and oxygen atoms in total. The average molecular weight is 1110 g/mol. The molecule has 0 aliphatic heterocycles. The second kappa shape index (κ2) is 70.1. The summed E-state index contributed by atoms with van der Waals surface area (Å²) in [4.78, 5) is 24.6. The highest BCUT2D eigenvalue weighted by Gasteiger charge is 2.16. The van der Waals surface area contributed by atoms with E-state index >= 15 is 0 Å². The number of hydrogen-bond acceptors (Lipinski definition) is 5. The monoisotopic (exact) mass is 1110 g/mol. The van der Waals surface area contributed by atoms with Crippen molar-refractivity contribution in [1.82, 2.24) is 0 Å². The molecule has 0 aromatic rings. The number of hydrogen-bond donors (Lipinski definition) is 1. The number of aliphatic hydroxyl groups excluding tert-OH is 1. The Labute approximate surface area is 498 Å². The Kier molecular flexibility index (Phi) is 67.3. The molecule has 0 amide bonds. The van der Waals surface area contributed by atoms with Crippen LogP contribution in [0, 0.1) is 0 Å². The van der Waals surface area contributed by atoms with E-state index in [9.17, 15) is 14.7 Å². The average Bonchev–Trinajstić information content (AvgIpc) is 3.46. The second-order valence-corrected chi connectivity index (χ2v) is 23.2. The molecule has 0 aliphatic carbocycles. The first-order valence-electron chi connectivity index (χ1n) is 34.8. The standard InChI is InChI=1S/C75H132O5/c1-3-5-7-9-11-13-15-17-19-21-23-25-27-29-30-31-32-33-34-35-36-37-38-39-40-41-42-43-44-46-48-50-52-54-56-58-60-62-64-66-68-70-75(78)80-73(71-76)72-79-74(77)69-67-65-63-61-59-57-55-53-51-49-47-45-28-26-24-22-20-18-16-14-12-10-8-6-4-2/h5,7,11,13,16-19,22-25,29-30,32-33,73,76H,3-4,6,8-10,12,14-15,20-21,26-28,31,34-72H2,1-2H3/b7-5-,13-11-,18-16-,19-17-,24-22-,25-23-,30-29-,33-32-. The Morgan fingerprint density at radius 3 is 0.812 bits per heavy atom. The van der Waals surface area contributed by atoms with Crippen LogP contribution in [0.3, 0.4) is 0 Å². The molecule has 0 saturated heterocycles. The van der Waals surface area contributed by atoms with Gasteiger partial charge in [-0.3, -0.25) is 9.59 Å². The van der Waals surface area contributed by atoms with E-state index < -0.39 is 6.10 Å². The van der Waals surface area contributed by atoms with Crippen LogP contribution in [0.2, 0.25) is 0 Å². The van der Waals surface area contributed by atoms with Gasteiger partial charge in [-0.2, -0.15) is 0 Å². The van der Waals surface area contributed by atoms with Crippen molar-refractivity contribution in [3.8, 4) is 0 Å². The SMILES string of the molecule is CC/C=C\C/C=C\C/C=C\C/C=C\C/C=C\C/C=C\CCCCCCCCCCCCCCCCCCCCCCCCC(=O)OC(CO)COC(=O)CCCCCCCCCCCCCCC/C=C\C/C=C\CCCCCCC. The number of ether oxygens (including phenoxy) is 2. The van der Waals surface area contributed by atoms with Gasteiger partial charge in [0.2, 0.25) is 0 Å². The van der Waals surface area contributed by atoms with E-state index in [1.54, 1.807) is 0 Å². The van der Waals surface area contributed by atoms with Gasteiger partial charge in [0, 0.05) is 12.8 Å². The fourth-order valence-electron chi connectivity index (χ4n) is 10.2. The molecule has 0 aliphatic rings. The van der Waals surface area contributed by atoms with Crippen LogP contribution in [-0.4, -0.2) is 36.4 Å². The van der Waals surface area contributed by atoms with Gasteiger partial charge >= 0.3 is 11.9 Å². The van der Waals surface area contributed by atoms with Crippen LogP contribution in [0.15, 0.2) is 97.2 Å². The summed E-state index contributed by atoms with van der Waals surface area (Å²) < 4.78 is 10.8. The summed E-state index contributed by atoms with van der Waals surface area (Å²) in [6, 6.07) is 0. The Morgan fingerprint density at radius 1 is 0.300 bits per heavy atom. The summed E-state index contributed by atoms with van der Waals surface area (Å²) in [6.07, 6.45) is 100. The smallest absolute Gasteiger partial charge is 0.306 e. The van der Waals surface area contributed by atoms with Crippen molar-refractivity contribution in [2.75, 3.05) is 13.2 Å². The maximum atomic E-state index is 12.4. The lowest BCUT2D eigenvalue weighted by molar-refractivity contribution is -0.161. The molecule has 0 bridgehead atoms. The predicted molar refractivity (Wildman–Crippen MR) is 352 cm³/mol. The van der Waals surface area contributed by atoms with Crippen molar-refractivity contribution in [3.05, 3.63) is 97.2 Å². The van der Waals surface area contributed by atoms with Crippen LogP contribution >= 0.6 is 0 Å². The van der Waals surface area contributed by atoms with Crippen LogP contribution in [0.25, 0.3) is 0 Å². The predicted octanol–water partition coefficient (Wildman–Crippen LogP) is 24.2. The van der Waals surface area contributed by atoms with Crippen LogP contribution in [-0.2, 0) is 19.1 Å². The highest BCUT2D eigenvalue weighted by atomic mass is 16.6. The summed E-state index contributed by atoms with van der Waals surface area (Å²) in [6.45, 7) is 4.05. The molecule has 0 heterocycles. The topological polar surface area (TPSA) is 72.8 Å². The largest absolute Gasteiger partial charge is 0.462 e. The molecule has 0 aromatic carbocycles. The number of allylic oxidation sites excluding steroid dienone is 16. The first kappa shape index (κ1) is 76.8. The van der Waals surface area contributed by atoms with Crippen molar-refractivity contribution in [2.24, 2.45) is 0 Å². The van der Waals surface area contributed by atoms with Crippen LogP contribution < -0.4 is 0 Å². The molecule has 1 atom stereocenters. The molecule has 1 N–H and O–H groups in total. The van der Waals surface area contributed by atoms with Crippen LogP contribution in [0.1, 0.15) is 348 Å². The van der Waals surface area contributed by atoms with Gasteiger partial charge in [0.1, 0.15) is 6.61 Å². The summed E-state index contributed by atoms with van der Waals surface area (Å²) >= 11 is 0. The molecule has 0 spiro atoms. The summed E-state index contributed by atoms with van der Waals surface area (Å²) in [5.41, 5.74) is 0. The third kappa shape index (κ3) is 67.3. The molecule has 0 fully saturated rings. The molecule has 80 heavy (non-hydrogen) atoms. The molecule has 1 unspecified atom stereocenters. The number of unbranched alkanes of at least 4 members (excludes halogenated alkanes) is 40. The maximum Gasteiger partial charge on any atom is 0.306 e. The van der Waals surface area contributed by atoms with Gasteiger partial charge in [0.15, 0.2) is 6.10 Å². The molecule has 0 radical (unpaired) electrons. The number of esters is 2. The minimum atomic E-state index is -0.775. The van der Waals surface area contributed by atoms with Crippen molar-refractivity contribution >= 4 is 11.9 Å². The summed E-state index contributed by atoms with van der Waals surface area (Å²) in [5.74, 6) is -0.576. The lowest BCUT2D eigenvalue weighted by Crippen LogP contribution is -2.28. The van der Waals surface area contributed by atoms with Crippen molar-refractivity contribution < 1.29 is 24.2 Å². The number of rotatable bonds is 64. The van der Waals surface area contributed by atoms with Gasteiger partial charge < -0.3 is 14.6 Å². The Bertz CT molecular complexity index is 1500. The zero-order valence-electron chi connectivity index (χ0n) is 53.1. The highest BCUT2D eigenvalue weighted by Crippen LogP contribution is 2.18. The third-order valence-corrected chi connectivity index (χ3v) is 15.4. The highest BCUT2D eigenvalue weighted by molar-refractivity contribution is 5.70. The first-order chi connectivity index (χ1) is 39.6. The quantitative estimate of drug-likeness (QED) is 0.0373. The van der Waals surface area contributed by atoms with Gasteiger partial charge in [-0.25, -0.2) is 0 Å².